The molecule has 17 heavy (non-hydrogen) atoms. The zero-order valence-corrected chi connectivity index (χ0v) is 10.3. The summed E-state index contributed by atoms with van der Waals surface area (Å²) in [7, 11) is 0. The highest BCUT2D eigenvalue weighted by Crippen LogP contribution is 2.13. The highest BCUT2D eigenvalue weighted by molar-refractivity contribution is 5.79. The van der Waals surface area contributed by atoms with Crippen molar-refractivity contribution in [2.45, 2.75) is 26.3 Å². The number of hydrogen-bond acceptors (Lipinski definition) is 3. The lowest BCUT2D eigenvalue weighted by molar-refractivity contribution is -0.125. The van der Waals surface area contributed by atoms with Crippen LogP contribution in [0.4, 0.5) is 0 Å². The summed E-state index contributed by atoms with van der Waals surface area (Å²) in [6, 6.07) is 6.96. The van der Waals surface area contributed by atoms with E-state index in [4.69, 9.17) is 5.73 Å². The molecule has 0 fully saturated rings. The molecule has 0 aliphatic rings. The van der Waals surface area contributed by atoms with Crippen LogP contribution in [0.5, 0.6) is 5.75 Å². The van der Waals surface area contributed by atoms with Crippen LogP contribution in [-0.4, -0.2) is 23.6 Å². The van der Waals surface area contributed by atoms with Crippen LogP contribution in [0.3, 0.4) is 0 Å². The second-order valence-electron chi connectivity index (χ2n) is 4.47. The Bertz CT molecular complexity index is 360. The number of carbonyl (C=O) groups excluding carboxylic acids is 1. The summed E-state index contributed by atoms with van der Waals surface area (Å²) in [5, 5.41) is 12.0. The molecule has 0 saturated heterocycles. The number of nitrogens with two attached hydrogens (primary N) is 1. The van der Waals surface area contributed by atoms with Gasteiger partial charge in [-0.2, -0.15) is 0 Å². The van der Waals surface area contributed by atoms with E-state index in [-0.39, 0.29) is 23.6 Å². The number of hydrogen-bond donors (Lipinski definition) is 3. The number of phenolic OH excluding ortho intramolecular Hbond substituents is 1. The second-order valence-corrected chi connectivity index (χ2v) is 4.47. The first-order valence-electron chi connectivity index (χ1n) is 5.81. The molecule has 0 aromatic heterocycles. The van der Waals surface area contributed by atoms with Crippen molar-refractivity contribution in [2.75, 3.05) is 6.54 Å². The Balaban J connectivity index is 2.63. The lowest BCUT2D eigenvalue weighted by Crippen LogP contribution is -2.39. The van der Waals surface area contributed by atoms with Gasteiger partial charge in [-0.05, 0) is 38.0 Å². The lowest BCUT2D eigenvalue weighted by Gasteiger charge is -2.16. The standard InChI is InChI=1S/C13H20N2O2/c1-9(2)15-13(17)11(8-14)7-10-3-5-12(16)6-4-10/h3-6,9,11,16H,7-8,14H2,1-2H3,(H,15,17). The quantitative estimate of drug-likeness (QED) is 0.715. The van der Waals surface area contributed by atoms with Crippen molar-refractivity contribution in [3.05, 3.63) is 29.8 Å². The molecule has 4 N–H and O–H groups in total. The van der Waals surface area contributed by atoms with Gasteiger partial charge in [0.05, 0.1) is 5.92 Å². The largest absolute Gasteiger partial charge is 0.508 e. The Morgan fingerprint density at radius 1 is 1.35 bits per heavy atom. The number of carbonyl (C=O) groups is 1. The number of benzene rings is 1. The molecule has 4 nitrogen and oxygen atoms in total. The average Bonchev–Trinajstić information content (AvgIpc) is 2.27. The molecular weight excluding hydrogens is 216 g/mol. The monoisotopic (exact) mass is 236 g/mol. The molecule has 94 valence electrons. The number of aromatic hydroxyl groups is 1. The first kappa shape index (κ1) is 13.5. The molecule has 4 heteroatoms. The van der Waals surface area contributed by atoms with Gasteiger partial charge in [0.25, 0.3) is 0 Å². The van der Waals surface area contributed by atoms with Crippen LogP contribution in [0.1, 0.15) is 19.4 Å². The van der Waals surface area contributed by atoms with Gasteiger partial charge in [-0.25, -0.2) is 0 Å². The van der Waals surface area contributed by atoms with E-state index < -0.39 is 0 Å². The van der Waals surface area contributed by atoms with Gasteiger partial charge in [0.1, 0.15) is 5.75 Å². The highest BCUT2D eigenvalue weighted by Gasteiger charge is 2.17. The fourth-order valence-electron chi connectivity index (χ4n) is 1.60. The van der Waals surface area contributed by atoms with Crippen molar-refractivity contribution in [3.63, 3.8) is 0 Å². The normalized spacial score (nSPS) is 12.5. The second kappa shape index (κ2) is 6.25. The SMILES string of the molecule is CC(C)NC(=O)C(CN)Cc1ccc(O)cc1. The molecule has 1 aromatic rings. The fraction of sp³-hybridized carbons (Fsp3) is 0.462. The van der Waals surface area contributed by atoms with Crippen LogP contribution in [0.25, 0.3) is 0 Å². The number of phenols is 1. The van der Waals surface area contributed by atoms with Gasteiger partial charge in [0.15, 0.2) is 0 Å². The molecule has 1 unspecified atom stereocenters. The average molecular weight is 236 g/mol. The summed E-state index contributed by atoms with van der Waals surface area (Å²) < 4.78 is 0. The van der Waals surface area contributed by atoms with Gasteiger partial charge in [-0.1, -0.05) is 12.1 Å². The summed E-state index contributed by atoms with van der Waals surface area (Å²) in [5.74, 6) is -0.0119. The Hall–Kier alpha value is -1.55. The first-order chi connectivity index (χ1) is 8.02. The molecular formula is C13H20N2O2. The third kappa shape index (κ3) is 4.44. The highest BCUT2D eigenvalue weighted by atomic mass is 16.3. The Morgan fingerprint density at radius 2 is 1.94 bits per heavy atom. The predicted octanol–water partition coefficient (Wildman–Crippen LogP) is 1.03. The van der Waals surface area contributed by atoms with Crippen LogP contribution in [0, 0.1) is 5.92 Å². The predicted molar refractivity (Wildman–Crippen MR) is 67.6 cm³/mol. The minimum absolute atomic E-state index is 0.0180. The molecule has 1 aromatic carbocycles. The van der Waals surface area contributed by atoms with Gasteiger partial charge in [0.2, 0.25) is 5.91 Å². The van der Waals surface area contributed by atoms with Gasteiger partial charge in [0, 0.05) is 12.6 Å². The van der Waals surface area contributed by atoms with Gasteiger partial charge >= 0.3 is 0 Å². The van der Waals surface area contributed by atoms with E-state index in [2.05, 4.69) is 5.32 Å². The van der Waals surface area contributed by atoms with Gasteiger partial charge < -0.3 is 16.2 Å². The van der Waals surface area contributed by atoms with Crippen molar-refractivity contribution in [1.29, 1.82) is 0 Å². The molecule has 1 atom stereocenters. The summed E-state index contributed by atoms with van der Waals surface area (Å²) in [6.45, 7) is 4.16. The Morgan fingerprint density at radius 3 is 2.41 bits per heavy atom. The van der Waals surface area contributed by atoms with Crippen LogP contribution in [0.15, 0.2) is 24.3 Å². The van der Waals surface area contributed by atoms with Crippen LogP contribution < -0.4 is 11.1 Å². The minimum atomic E-state index is -0.220. The number of rotatable bonds is 5. The van der Waals surface area contributed by atoms with Crippen molar-refractivity contribution in [2.24, 2.45) is 11.7 Å². The summed E-state index contributed by atoms with van der Waals surface area (Å²) in [5.41, 5.74) is 6.61. The third-order valence-electron chi connectivity index (χ3n) is 2.50. The lowest BCUT2D eigenvalue weighted by atomic mass is 9.98. The maximum Gasteiger partial charge on any atom is 0.224 e. The number of nitrogens with one attached hydrogen (secondary N) is 1. The van der Waals surface area contributed by atoms with Crippen molar-refractivity contribution < 1.29 is 9.90 Å². The smallest absolute Gasteiger partial charge is 0.224 e. The Kier molecular flexibility index (Phi) is 4.97. The van der Waals surface area contributed by atoms with E-state index in [0.29, 0.717) is 13.0 Å². The number of amides is 1. The van der Waals surface area contributed by atoms with E-state index in [9.17, 15) is 9.90 Å². The molecule has 1 rings (SSSR count). The first-order valence-corrected chi connectivity index (χ1v) is 5.81. The van der Waals surface area contributed by atoms with Crippen LogP contribution >= 0.6 is 0 Å². The molecule has 0 saturated carbocycles. The van der Waals surface area contributed by atoms with E-state index in [1.165, 1.54) is 0 Å². The maximum atomic E-state index is 11.8. The van der Waals surface area contributed by atoms with Crippen molar-refractivity contribution in [1.82, 2.24) is 5.32 Å². The molecule has 0 aliphatic heterocycles. The van der Waals surface area contributed by atoms with Crippen molar-refractivity contribution in [3.8, 4) is 5.75 Å². The molecule has 0 aliphatic carbocycles. The minimum Gasteiger partial charge on any atom is -0.508 e. The molecule has 1 amide bonds. The van der Waals surface area contributed by atoms with E-state index >= 15 is 0 Å². The van der Waals surface area contributed by atoms with Crippen molar-refractivity contribution >= 4 is 5.91 Å². The topological polar surface area (TPSA) is 75.4 Å². The summed E-state index contributed by atoms with van der Waals surface area (Å²) in [6.07, 6.45) is 0.593. The van der Waals surface area contributed by atoms with Crippen LogP contribution in [-0.2, 0) is 11.2 Å². The molecule has 0 heterocycles. The Labute approximate surface area is 102 Å². The maximum absolute atomic E-state index is 11.8. The van der Waals surface area contributed by atoms with Gasteiger partial charge in [-0.3, -0.25) is 4.79 Å². The van der Waals surface area contributed by atoms with Gasteiger partial charge in [-0.15, -0.1) is 0 Å². The zero-order chi connectivity index (χ0) is 12.8. The molecule has 0 radical (unpaired) electrons. The zero-order valence-electron chi connectivity index (χ0n) is 10.3. The van der Waals surface area contributed by atoms with E-state index in [0.717, 1.165) is 5.56 Å². The third-order valence-corrected chi connectivity index (χ3v) is 2.50. The fourth-order valence-corrected chi connectivity index (χ4v) is 1.60. The summed E-state index contributed by atoms with van der Waals surface area (Å²) >= 11 is 0. The molecule has 0 spiro atoms. The van der Waals surface area contributed by atoms with Crippen LogP contribution in [0.2, 0.25) is 0 Å². The summed E-state index contributed by atoms with van der Waals surface area (Å²) in [4.78, 5) is 11.8. The van der Waals surface area contributed by atoms with E-state index in [1.54, 1.807) is 24.3 Å². The molecule has 0 bridgehead atoms. The van der Waals surface area contributed by atoms with E-state index in [1.807, 2.05) is 13.8 Å².